The van der Waals surface area contributed by atoms with Crippen LogP contribution in [-0.4, -0.2) is 0 Å². The van der Waals surface area contributed by atoms with E-state index in [0.29, 0.717) is 10.0 Å². The SMILES string of the molecule is NC(Cl)c1ccc(Cl)c(Cl)c1. The average Bonchev–Trinajstić information content (AvgIpc) is 1.94. The van der Waals surface area contributed by atoms with E-state index in [1.54, 1.807) is 18.2 Å². The number of rotatable bonds is 1. The van der Waals surface area contributed by atoms with Gasteiger partial charge in [-0.1, -0.05) is 29.3 Å². The second-order valence-corrected chi connectivity index (χ2v) is 3.36. The van der Waals surface area contributed by atoms with Crippen molar-refractivity contribution in [3.63, 3.8) is 0 Å². The molecule has 11 heavy (non-hydrogen) atoms. The molecule has 0 bridgehead atoms. The lowest BCUT2D eigenvalue weighted by atomic mass is 10.2. The van der Waals surface area contributed by atoms with E-state index in [2.05, 4.69) is 0 Å². The Kier molecular flexibility index (Phi) is 3.02. The molecule has 1 rings (SSSR count). The summed E-state index contributed by atoms with van der Waals surface area (Å²) in [6.07, 6.45) is 0. The van der Waals surface area contributed by atoms with Crippen molar-refractivity contribution in [2.75, 3.05) is 0 Å². The summed E-state index contributed by atoms with van der Waals surface area (Å²) in [7, 11) is 0. The van der Waals surface area contributed by atoms with Gasteiger partial charge in [-0.25, -0.2) is 0 Å². The van der Waals surface area contributed by atoms with Crippen LogP contribution in [-0.2, 0) is 0 Å². The van der Waals surface area contributed by atoms with Crippen LogP contribution >= 0.6 is 34.8 Å². The van der Waals surface area contributed by atoms with E-state index in [0.717, 1.165) is 5.56 Å². The van der Waals surface area contributed by atoms with Crippen LogP contribution in [0.15, 0.2) is 18.2 Å². The van der Waals surface area contributed by atoms with Crippen LogP contribution in [0.4, 0.5) is 0 Å². The standard InChI is InChI=1S/C7H6Cl3N/c8-5-2-1-4(7(10)11)3-6(5)9/h1-3,7H,11H2. The lowest BCUT2D eigenvalue weighted by molar-refractivity contribution is 1.02. The Balaban J connectivity index is 3.05. The van der Waals surface area contributed by atoms with Gasteiger partial charge in [0, 0.05) is 0 Å². The summed E-state index contributed by atoms with van der Waals surface area (Å²) in [5.74, 6) is 0. The first-order valence-corrected chi connectivity index (χ1v) is 4.15. The van der Waals surface area contributed by atoms with Crippen LogP contribution in [0.5, 0.6) is 0 Å². The lowest BCUT2D eigenvalue weighted by Gasteiger charge is -2.03. The van der Waals surface area contributed by atoms with E-state index in [1.165, 1.54) is 0 Å². The van der Waals surface area contributed by atoms with Crippen molar-refractivity contribution in [3.05, 3.63) is 33.8 Å². The summed E-state index contributed by atoms with van der Waals surface area (Å²) in [4.78, 5) is 0. The molecule has 1 aromatic carbocycles. The quantitative estimate of drug-likeness (QED) is 0.559. The summed E-state index contributed by atoms with van der Waals surface area (Å²) in [6.45, 7) is 0. The van der Waals surface area contributed by atoms with Crippen LogP contribution < -0.4 is 5.73 Å². The van der Waals surface area contributed by atoms with E-state index in [9.17, 15) is 0 Å². The van der Waals surface area contributed by atoms with Crippen LogP contribution in [0.3, 0.4) is 0 Å². The van der Waals surface area contributed by atoms with Gasteiger partial charge < -0.3 is 5.73 Å². The van der Waals surface area contributed by atoms with Gasteiger partial charge in [0.2, 0.25) is 0 Å². The predicted octanol–water partition coefficient (Wildman–Crippen LogP) is 3.19. The molecule has 0 amide bonds. The molecule has 1 nitrogen and oxygen atoms in total. The lowest BCUT2D eigenvalue weighted by Crippen LogP contribution is -2.01. The molecule has 0 saturated carbocycles. The van der Waals surface area contributed by atoms with E-state index in [1.807, 2.05) is 0 Å². The van der Waals surface area contributed by atoms with Gasteiger partial charge >= 0.3 is 0 Å². The zero-order chi connectivity index (χ0) is 8.43. The topological polar surface area (TPSA) is 26.0 Å². The van der Waals surface area contributed by atoms with Gasteiger partial charge in [-0.05, 0) is 17.7 Å². The van der Waals surface area contributed by atoms with Crippen molar-refractivity contribution in [3.8, 4) is 0 Å². The summed E-state index contributed by atoms with van der Waals surface area (Å²) in [5, 5.41) is 0.980. The molecule has 4 heteroatoms. The average molecular weight is 210 g/mol. The molecule has 0 spiro atoms. The fourth-order valence-corrected chi connectivity index (χ4v) is 1.13. The van der Waals surface area contributed by atoms with Crippen molar-refractivity contribution in [2.24, 2.45) is 5.73 Å². The highest BCUT2D eigenvalue weighted by molar-refractivity contribution is 6.42. The Labute approximate surface area is 80.0 Å². The number of alkyl halides is 1. The van der Waals surface area contributed by atoms with E-state index >= 15 is 0 Å². The third kappa shape index (κ3) is 2.24. The van der Waals surface area contributed by atoms with Gasteiger partial charge in [0.1, 0.15) is 5.50 Å². The zero-order valence-corrected chi connectivity index (χ0v) is 7.79. The third-order valence-electron chi connectivity index (χ3n) is 1.26. The first-order valence-electron chi connectivity index (χ1n) is 2.96. The summed E-state index contributed by atoms with van der Waals surface area (Å²) >= 11 is 17.0. The maximum absolute atomic E-state index is 5.71. The fraction of sp³-hybridized carbons (Fsp3) is 0.143. The highest BCUT2D eigenvalue weighted by atomic mass is 35.5. The highest BCUT2D eigenvalue weighted by Gasteiger charge is 2.03. The largest absolute Gasteiger partial charge is 0.312 e. The van der Waals surface area contributed by atoms with Crippen molar-refractivity contribution in [1.29, 1.82) is 0 Å². The van der Waals surface area contributed by atoms with Crippen molar-refractivity contribution in [2.45, 2.75) is 5.50 Å². The third-order valence-corrected chi connectivity index (χ3v) is 2.25. The Morgan fingerprint density at radius 2 is 1.82 bits per heavy atom. The molecule has 0 aliphatic heterocycles. The van der Waals surface area contributed by atoms with Crippen molar-refractivity contribution >= 4 is 34.8 Å². The molecule has 0 aliphatic rings. The minimum absolute atomic E-state index is 0.472. The summed E-state index contributed by atoms with van der Waals surface area (Å²) < 4.78 is 0. The Hall–Kier alpha value is 0.0500. The van der Waals surface area contributed by atoms with Crippen LogP contribution in [0.1, 0.15) is 11.1 Å². The molecule has 0 aliphatic carbocycles. The molecule has 0 aromatic heterocycles. The molecular weight excluding hydrogens is 204 g/mol. The van der Waals surface area contributed by atoms with Gasteiger partial charge in [-0.15, -0.1) is 11.6 Å². The minimum atomic E-state index is -0.523. The van der Waals surface area contributed by atoms with Crippen LogP contribution in [0, 0.1) is 0 Å². The summed E-state index contributed by atoms with van der Waals surface area (Å²) in [6, 6.07) is 5.06. The van der Waals surface area contributed by atoms with Gasteiger partial charge in [-0.2, -0.15) is 0 Å². The van der Waals surface area contributed by atoms with E-state index < -0.39 is 5.50 Å². The van der Waals surface area contributed by atoms with Gasteiger partial charge in [-0.3, -0.25) is 0 Å². The molecule has 0 fully saturated rings. The number of benzene rings is 1. The van der Waals surface area contributed by atoms with Gasteiger partial charge in [0.15, 0.2) is 0 Å². The molecule has 1 aromatic rings. The van der Waals surface area contributed by atoms with E-state index in [-0.39, 0.29) is 0 Å². The number of hydrogen-bond donors (Lipinski definition) is 1. The van der Waals surface area contributed by atoms with Gasteiger partial charge in [0.25, 0.3) is 0 Å². The second-order valence-electron chi connectivity index (χ2n) is 2.08. The molecule has 0 saturated heterocycles. The zero-order valence-electron chi connectivity index (χ0n) is 5.52. The predicted molar refractivity (Wildman–Crippen MR) is 49.2 cm³/mol. The Bertz CT molecular complexity index is 260. The summed E-state index contributed by atoms with van der Waals surface area (Å²) in [5.41, 5.74) is 5.64. The smallest absolute Gasteiger partial charge is 0.106 e. The molecule has 60 valence electrons. The molecular formula is C7H6Cl3N. The van der Waals surface area contributed by atoms with E-state index in [4.69, 9.17) is 40.5 Å². The maximum Gasteiger partial charge on any atom is 0.106 e. The van der Waals surface area contributed by atoms with Crippen LogP contribution in [0.25, 0.3) is 0 Å². The molecule has 0 heterocycles. The second kappa shape index (κ2) is 3.63. The number of halogens is 3. The number of nitrogens with two attached hydrogens (primary N) is 1. The first-order chi connectivity index (χ1) is 5.11. The number of hydrogen-bond acceptors (Lipinski definition) is 1. The molecule has 1 unspecified atom stereocenters. The van der Waals surface area contributed by atoms with Gasteiger partial charge in [0.05, 0.1) is 10.0 Å². The molecule has 2 N–H and O–H groups in total. The normalized spacial score (nSPS) is 13.1. The van der Waals surface area contributed by atoms with Crippen LogP contribution in [0.2, 0.25) is 10.0 Å². The maximum atomic E-state index is 5.71. The first kappa shape index (κ1) is 9.14. The highest BCUT2D eigenvalue weighted by Crippen LogP contribution is 2.25. The molecule has 0 radical (unpaired) electrons. The monoisotopic (exact) mass is 209 g/mol. The Morgan fingerprint density at radius 1 is 1.18 bits per heavy atom. The minimum Gasteiger partial charge on any atom is -0.312 e. The fourth-order valence-electron chi connectivity index (χ4n) is 0.684. The Morgan fingerprint density at radius 3 is 2.27 bits per heavy atom. The van der Waals surface area contributed by atoms with Crippen molar-refractivity contribution in [1.82, 2.24) is 0 Å². The molecule has 1 atom stereocenters. The van der Waals surface area contributed by atoms with Crippen molar-refractivity contribution < 1.29 is 0 Å².